The maximum absolute atomic E-state index is 3.57. The number of benzene rings is 1. The van der Waals surface area contributed by atoms with Gasteiger partial charge in [0, 0.05) is 19.1 Å². The molecule has 2 heterocycles. The van der Waals surface area contributed by atoms with E-state index in [1.165, 1.54) is 43.5 Å². The molecule has 0 spiro atoms. The van der Waals surface area contributed by atoms with E-state index in [1.54, 1.807) is 5.56 Å². The second-order valence-corrected chi connectivity index (χ2v) is 5.45. The van der Waals surface area contributed by atoms with Gasteiger partial charge in [-0.1, -0.05) is 30.2 Å². The molecule has 0 radical (unpaired) electrons. The van der Waals surface area contributed by atoms with E-state index >= 15 is 0 Å². The van der Waals surface area contributed by atoms with Crippen LogP contribution in [-0.4, -0.2) is 24.5 Å². The minimum Gasteiger partial charge on any atom is -0.311 e. The van der Waals surface area contributed by atoms with Crippen molar-refractivity contribution in [2.75, 3.05) is 19.6 Å². The lowest BCUT2D eigenvalue weighted by atomic mass is 9.93. The minimum absolute atomic E-state index is 0.611. The normalized spacial score (nSPS) is 25.6. The highest BCUT2D eigenvalue weighted by Crippen LogP contribution is 2.29. The van der Waals surface area contributed by atoms with Crippen LogP contribution in [0.3, 0.4) is 0 Å². The predicted molar refractivity (Wildman–Crippen MR) is 71.1 cm³/mol. The van der Waals surface area contributed by atoms with Crippen LogP contribution < -0.4 is 5.32 Å². The lowest BCUT2D eigenvalue weighted by Gasteiger charge is -2.38. The molecule has 0 aromatic heterocycles. The summed E-state index contributed by atoms with van der Waals surface area (Å²) < 4.78 is 0. The molecule has 1 aromatic carbocycles. The number of fused-ring (bicyclic) bond motifs is 1. The molecule has 92 valence electrons. The molecule has 1 fully saturated rings. The van der Waals surface area contributed by atoms with Gasteiger partial charge >= 0.3 is 0 Å². The van der Waals surface area contributed by atoms with Crippen LogP contribution in [0.1, 0.15) is 42.0 Å². The van der Waals surface area contributed by atoms with E-state index in [-0.39, 0.29) is 0 Å². The van der Waals surface area contributed by atoms with Crippen LogP contribution >= 0.6 is 0 Å². The molecule has 2 heteroatoms. The Bertz CT molecular complexity index is 394. The zero-order chi connectivity index (χ0) is 11.7. The summed E-state index contributed by atoms with van der Waals surface area (Å²) >= 11 is 0. The summed E-state index contributed by atoms with van der Waals surface area (Å²) in [5, 5.41) is 3.57. The molecule has 1 saturated heterocycles. The van der Waals surface area contributed by atoms with Crippen LogP contribution in [0.5, 0.6) is 0 Å². The molecule has 0 bridgehead atoms. The summed E-state index contributed by atoms with van der Waals surface area (Å²) in [7, 11) is 0. The average molecular weight is 230 g/mol. The Balaban J connectivity index is 1.88. The van der Waals surface area contributed by atoms with Crippen LogP contribution in [0, 0.1) is 6.92 Å². The fourth-order valence-electron chi connectivity index (χ4n) is 3.22. The van der Waals surface area contributed by atoms with E-state index < -0.39 is 0 Å². The lowest BCUT2D eigenvalue weighted by molar-refractivity contribution is 0.154. The largest absolute Gasteiger partial charge is 0.311 e. The first-order valence-corrected chi connectivity index (χ1v) is 6.89. The third-order valence-electron chi connectivity index (χ3n) is 4.14. The highest BCUT2D eigenvalue weighted by Gasteiger charge is 2.26. The van der Waals surface area contributed by atoms with Gasteiger partial charge in [-0.15, -0.1) is 0 Å². The van der Waals surface area contributed by atoms with Gasteiger partial charge in [0.25, 0.3) is 0 Å². The van der Waals surface area contributed by atoms with Crippen molar-refractivity contribution in [1.82, 2.24) is 10.2 Å². The smallest absolute Gasteiger partial charge is 0.0476 e. The Hall–Kier alpha value is -0.860. The van der Waals surface area contributed by atoms with Gasteiger partial charge in [-0.3, -0.25) is 4.90 Å². The second-order valence-electron chi connectivity index (χ2n) is 5.45. The molecule has 2 aliphatic rings. The Morgan fingerprint density at radius 2 is 2.00 bits per heavy atom. The molecule has 2 aliphatic heterocycles. The summed E-state index contributed by atoms with van der Waals surface area (Å²) in [5.41, 5.74) is 4.45. The van der Waals surface area contributed by atoms with Gasteiger partial charge in [-0.05, 0) is 44.0 Å². The summed E-state index contributed by atoms with van der Waals surface area (Å²) in [5.74, 6) is 0. The van der Waals surface area contributed by atoms with Crippen LogP contribution in [0.25, 0.3) is 0 Å². The number of nitrogens with zero attached hydrogens (tertiary/aromatic N) is 1. The van der Waals surface area contributed by atoms with Crippen molar-refractivity contribution in [2.45, 2.75) is 38.8 Å². The van der Waals surface area contributed by atoms with Crippen molar-refractivity contribution in [2.24, 2.45) is 0 Å². The summed E-state index contributed by atoms with van der Waals surface area (Å²) in [6.45, 7) is 6.90. The number of rotatable bonds is 1. The molecule has 17 heavy (non-hydrogen) atoms. The molecular weight excluding hydrogens is 208 g/mol. The van der Waals surface area contributed by atoms with Gasteiger partial charge in [-0.2, -0.15) is 0 Å². The van der Waals surface area contributed by atoms with Gasteiger partial charge < -0.3 is 5.32 Å². The zero-order valence-corrected chi connectivity index (χ0v) is 10.7. The molecule has 2 nitrogen and oxygen atoms in total. The van der Waals surface area contributed by atoms with E-state index in [0.29, 0.717) is 6.04 Å². The standard InChI is InChI=1S/C15H22N2/c1-12-5-6-14-13(9-12)10-16-11-15(14)17-7-3-2-4-8-17/h5-6,9,15-16H,2-4,7-8,10-11H2,1H3/t15-/m1/s1. The number of likely N-dealkylation sites (tertiary alicyclic amines) is 1. The average Bonchev–Trinajstić information content (AvgIpc) is 2.39. The van der Waals surface area contributed by atoms with Crippen LogP contribution in [0.15, 0.2) is 18.2 Å². The van der Waals surface area contributed by atoms with Crippen molar-refractivity contribution >= 4 is 0 Å². The van der Waals surface area contributed by atoms with Crippen molar-refractivity contribution in [1.29, 1.82) is 0 Å². The highest BCUT2D eigenvalue weighted by molar-refractivity contribution is 5.35. The fraction of sp³-hybridized carbons (Fsp3) is 0.600. The van der Waals surface area contributed by atoms with Gasteiger partial charge in [0.2, 0.25) is 0 Å². The molecule has 1 atom stereocenters. The first-order chi connectivity index (χ1) is 8.34. The number of aryl methyl sites for hydroxylation is 1. The van der Waals surface area contributed by atoms with E-state index in [4.69, 9.17) is 0 Å². The molecule has 0 amide bonds. The fourth-order valence-corrected chi connectivity index (χ4v) is 3.22. The summed E-state index contributed by atoms with van der Waals surface area (Å²) in [6, 6.07) is 7.57. The molecular formula is C15H22N2. The van der Waals surface area contributed by atoms with Gasteiger partial charge in [-0.25, -0.2) is 0 Å². The number of hydrogen-bond acceptors (Lipinski definition) is 2. The van der Waals surface area contributed by atoms with Crippen LogP contribution in [0.2, 0.25) is 0 Å². The maximum Gasteiger partial charge on any atom is 0.0476 e. The van der Waals surface area contributed by atoms with Crippen molar-refractivity contribution in [3.05, 3.63) is 34.9 Å². The molecule has 1 aromatic rings. The molecule has 0 saturated carbocycles. The van der Waals surface area contributed by atoms with Crippen molar-refractivity contribution < 1.29 is 0 Å². The monoisotopic (exact) mass is 230 g/mol. The lowest BCUT2D eigenvalue weighted by Crippen LogP contribution is -2.42. The van der Waals surface area contributed by atoms with Gasteiger partial charge in [0.05, 0.1) is 0 Å². The molecule has 1 N–H and O–H groups in total. The Labute approximate surface area is 104 Å². The third-order valence-corrected chi connectivity index (χ3v) is 4.14. The SMILES string of the molecule is Cc1ccc2c(c1)CNC[C@H]2N1CCCCC1. The highest BCUT2D eigenvalue weighted by atomic mass is 15.2. The van der Waals surface area contributed by atoms with E-state index in [1.807, 2.05) is 0 Å². The van der Waals surface area contributed by atoms with E-state index in [9.17, 15) is 0 Å². The number of hydrogen-bond donors (Lipinski definition) is 1. The van der Waals surface area contributed by atoms with E-state index in [2.05, 4.69) is 35.3 Å². The van der Waals surface area contributed by atoms with E-state index in [0.717, 1.165) is 13.1 Å². The minimum atomic E-state index is 0.611. The predicted octanol–water partition coefficient (Wildman–Crippen LogP) is 2.63. The first kappa shape index (κ1) is 11.2. The molecule has 0 aliphatic carbocycles. The zero-order valence-electron chi connectivity index (χ0n) is 10.7. The number of nitrogens with one attached hydrogen (secondary N) is 1. The summed E-state index contributed by atoms with van der Waals surface area (Å²) in [6.07, 6.45) is 4.16. The van der Waals surface area contributed by atoms with Gasteiger partial charge in [0.15, 0.2) is 0 Å². The quantitative estimate of drug-likeness (QED) is 0.798. The van der Waals surface area contributed by atoms with Crippen LogP contribution in [0.4, 0.5) is 0 Å². The Kier molecular flexibility index (Phi) is 3.17. The maximum atomic E-state index is 3.57. The Morgan fingerprint density at radius 1 is 1.18 bits per heavy atom. The summed E-state index contributed by atoms with van der Waals surface area (Å²) in [4.78, 5) is 2.67. The molecule has 0 unspecified atom stereocenters. The van der Waals surface area contributed by atoms with Crippen molar-refractivity contribution in [3.63, 3.8) is 0 Å². The van der Waals surface area contributed by atoms with Crippen LogP contribution in [-0.2, 0) is 6.54 Å². The third kappa shape index (κ3) is 2.24. The van der Waals surface area contributed by atoms with Gasteiger partial charge in [0.1, 0.15) is 0 Å². The Morgan fingerprint density at radius 3 is 2.82 bits per heavy atom. The molecule has 3 rings (SSSR count). The first-order valence-electron chi connectivity index (χ1n) is 6.89. The number of piperidine rings is 1. The topological polar surface area (TPSA) is 15.3 Å². The van der Waals surface area contributed by atoms with Crippen molar-refractivity contribution in [3.8, 4) is 0 Å². The second kappa shape index (κ2) is 4.79.